The number of likely N-dealkylation sites (tertiary alicyclic amines) is 1. The van der Waals surface area contributed by atoms with Crippen molar-refractivity contribution in [2.24, 2.45) is 11.8 Å². The SMILES string of the molecule is COc1ccc2cc(CN(C)CN3C(=O)[C@@H]4CC=CC[C@H]4C3=O)ccc2c1. The molecule has 5 nitrogen and oxygen atoms in total. The Morgan fingerprint density at radius 3 is 2.30 bits per heavy atom. The molecule has 0 radical (unpaired) electrons. The zero-order valence-corrected chi connectivity index (χ0v) is 15.7. The van der Waals surface area contributed by atoms with E-state index in [-0.39, 0.29) is 23.7 Å². The summed E-state index contributed by atoms with van der Waals surface area (Å²) < 4.78 is 5.27. The highest BCUT2D eigenvalue weighted by Crippen LogP contribution is 2.35. The molecule has 4 rings (SSSR count). The van der Waals surface area contributed by atoms with Gasteiger partial charge in [0.25, 0.3) is 0 Å². The fraction of sp³-hybridized carbons (Fsp3) is 0.364. The van der Waals surface area contributed by atoms with Crippen molar-refractivity contribution < 1.29 is 14.3 Å². The topological polar surface area (TPSA) is 49.9 Å². The minimum Gasteiger partial charge on any atom is -0.497 e. The van der Waals surface area contributed by atoms with Crippen LogP contribution in [0.4, 0.5) is 0 Å². The predicted octanol–water partition coefficient (Wildman–Crippen LogP) is 3.19. The van der Waals surface area contributed by atoms with Gasteiger partial charge in [-0.2, -0.15) is 0 Å². The number of methoxy groups -OCH3 is 1. The van der Waals surface area contributed by atoms with E-state index in [9.17, 15) is 9.59 Å². The van der Waals surface area contributed by atoms with E-state index in [2.05, 4.69) is 18.2 Å². The number of rotatable bonds is 5. The summed E-state index contributed by atoms with van der Waals surface area (Å²) in [5.74, 6) is 0.478. The lowest BCUT2D eigenvalue weighted by molar-refractivity contribution is -0.142. The van der Waals surface area contributed by atoms with Gasteiger partial charge in [0, 0.05) is 6.54 Å². The molecular formula is C22H24N2O3. The zero-order chi connectivity index (χ0) is 19.0. The lowest BCUT2D eigenvalue weighted by atomic mass is 9.85. The predicted molar refractivity (Wildman–Crippen MR) is 104 cm³/mol. The highest BCUT2D eigenvalue weighted by molar-refractivity contribution is 6.05. The van der Waals surface area contributed by atoms with Crippen LogP contribution >= 0.6 is 0 Å². The van der Waals surface area contributed by atoms with Crippen molar-refractivity contribution in [2.75, 3.05) is 20.8 Å². The molecule has 0 N–H and O–H groups in total. The number of amides is 2. The van der Waals surface area contributed by atoms with Gasteiger partial charge in [-0.3, -0.25) is 19.4 Å². The van der Waals surface area contributed by atoms with Gasteiger partial charge in [-0.05, 0) is 54.4 Å². The van der Waals surface area contributed by atoms with Crippen LogP contribution in [0.1, 0.15) is 18.4 Å². The Bertz CT molecular complexity index is 895. The standard InChI is InChI=1S/C22H24N2O3/c1-23(14-24-21(25)19-5-3-4-6-20(19)22(24)26)13-15-7-8-17-12-18(27-2)10-9-16(17)11-15/h3-4,7-12,19-20H,5-6,13-14H2,1-2H3/t19-,20-/m1/s1. The number of allylic oxidation sites excluding steroid dienone is 2. The molecule has 140 valence electrons. The lowest BCUT2D eigenvalue weighted by Crippen LogP contribution is -2.40. The van der Waals surface area contributed by atoms with Crippen LogP contribution in [0.3, 0.4) is 0 Å². The van der Waals surface area contributed by atoms with Crippen molar-refractivity contribution >= 4 is 22.6 Å². The van der Waals surface area contributed by atoms with Crippen LogP contribution in [-0.4, -0.2) is 42.4 Å². The number of hydrogen-bond donors (Lipinski definition) is 0. The summed E-state index contributed by atoms with van der Waals surface area (Å²) in [5.41, 5.74) is 1.15. The van der Waals surface area contributed by atoms with Crippen LogP contribution in [0.15, 0.2) is 48.6 Å². The van der Waals surface area contributed by atoms with E-state index in [1.54, 1.807) is 7.11 Å². The molecular weight excluding hydrogens is 340 g/mol. The largest absolute Gasteiger partial charge is 0.497 e. The first-order chi connectivity index (χ1) is 13.1. The van der Waals surface area contributed by atoms with Crippen LogP contribution in [0.2, 0.25) is 0 Å². The molecule has 1 heterocycles. The van der Waals surface area contributed by atoms with Gasteiger partial charge in [-0.1, -0.05) is 30.4 Å². The van der Waals surface area contributed by atoms with Gasteiger partial charge in [0.15, 0.2) is 0 Å². The lowest BCUT2D eigenvalue weighted by Gasteiger charge is -2.23. The Morgan fingerprint density at radius 2 is 1.63 bits per heavy atom. The molecule has 2 aromatic carbocycles. The van der Waals surface area contributed by atoms with E-state index >= 15 is 0 Å². The number of carbonyl (C=O) groups excluding carboxylic acids is 2. The zero-order valence-electron chi connectivity index (χ0n) is 15.7. The number of nitrogens with zero attached hydrogens (tertiary/aromatic N) is 2. The second kappa shape index (κ2) is 7.16. The van der Waals surface area contributed by atoms with Gasteiger partial charge in [0.05, 0.1) is 25.6 Å². The van der Waals surface area contributed by atoms with Crippen molar-refractivity contribution in [1.82, 2.24) is 9.80 Å². The number of benzene rings is 2. The summed E-state index contributed by atoms with van der Waals surface area (Å²) in [6.07, 6.45) is 5.40. The maximum absolute atomic E-state index is 12.6. The molecule has 0 aromatic heterocycles. The normalized spacial score (nSPS) is 22.0. The van der Waals surface area contributed by atoms with Gasteiger partial charge < -0.3 is 4.74 Å². The van der Waals surface area contributed by atoms with E-state index < -0.39 is 0 Å². The van der Waals surface area contributed by atoms with E-state index in [1.807, 2.05) is 42.3 Å². The first kappa shape index (κ1) is 17.7. The number of carbonyl (C=O) groups is 2. The smallest absolute Gasteiger partial charge is 0.234 e. The molecule has 0 unspecified atom stereocenters. The summed E-state index contributed by atoms with van der Waals surface area (Å²) in [6, 6.07) is 12.3. The summed E-state index contributed by atoms with van der Waals surface area (Å²) >= 11 is 0. The Balaban J connectivity index is 1.45. The molecule has 0 saturated carbocycles. The highest BCUT2D eigenvalue weighted by Gasteiger charge is 2.47. The fourth-order valence-corrected chi connectivity index (χ4v) is 4.11. The van der Waals surface area contributed by atoms with E-state index in [1.165, 1.54) is 4.90 Å². The van der Waals surface area contributed by atoms with Crippen LogP contribution in [-0.2, 0) is 16.1 Å². The molecule has 1 aliphatic heterocycles. The van der Waals surface area contributed by atoms with Gasteiger partial charge in [-0.25, -0.2) is 0 Å². The van der Waals surface area contributed by atoms with E-state index in [0.717, 1.165) is 22.1 Å². The summed E-state index contributed by atoms with van der Waals surface area (Å²) in [4.78, 5) is 28.7. The molecule has 27 heavy (non-hydrogen) atoms. The second-order valence-electron chi connectivity index (χ2n) is 7.46. The summed E-state index contributed by atoms with van der Waals surface area (Å²) in [7, 11) is 3.61. The van der Waals surface area contributed by atoms with Crippen molar-refractivity contribution in [3.05, 3.63) is 54.1 Å². The maximum atomic E-state index is 12.6. The molecule has 2 aromatic rings. The quantitative estimate of drug-likeness (QED) is 0.604. The average molecular weight is 364 g/mol. The number of hydrogen-bond acceptors (Lipinski definition) is 4. The summed E-state index contributed by atoms with van der Waals surface area (Å²) in [6.45, 7) is 1.01. The Morgan fingerprint density at radius 1 is 1.00 bits per heavy atom. The Hall–Kier alpha value is -2.66. The van der Waals surface area contributed by atoms with Crippen LogP contribution in [0.5, 0.6) is 5.75 Å². The summed E-state index contributed by atoms with van der Waals surface area (Å²) in [5, 5.41) is 2.27. The molecule has 2 atom stereocenters. The van der Waals surface area contributed by atoms with Gasteiger partial charge >= 0.3 is 0 Å². The minimum atomic E-state index is -0.161. The van der Waals surface area contributed by atoms with Crippen LogP contribution in [0.25, 0.3) is 10.8 Å². The first-order valence-corrected chi connectivity index (χ1v) is 9.32. The molecule has 2 amide bonds. The van der Waals surface area contributed by atoms with Gasteiger partial charge in [0.1, 0.15) is 5.75 Å². The van der Waals surface area contributed by atoms with Gasteiger partial charge in [-0.15, -0.1) is 0 Å². The third-order valence-electron chi connectivity index (χ3n) is 5.55. The van der Waals surface area contributed by atoms with Crippen LogP contribution in [0, 0.1) is 11.8 Å². The second-order valence-corrected chi connectivity index (χ2v) is 7.46. The molecule has 1 saturated heterocycles. The fourth-order valence-electron chi connectivity index (χ4n) is 4.11. The number of imide groups is 1. The molecule has 0 bridgehead atoms. The third kappa shape index (κ3) is 3.35. The van der Waals surface area contributed by atoms with E-state index in [4.69, 9.17) is 4.74 Å². The number of ether oxygens (including phenoxy) is 1. The molecule has 1 aliphatic carbocycles. The average Bonchev–Trinajstić information content (AvgIpc) is 2.92. The molecule has 1 fully saturated rings. The van der Waals surface area contributed by atoms with Gasteiger partial charge in [0.2, 0.25) is 11.8 Å². The van der Waals surface area contributed by atoms with Crippen molar-refractivity contribution in [3.63, 3.8) is 0 Å². The van der Waals surface area contributed by atoms with Crippen molar-refractivity contribution in [1.29, 1.82) is 0 Å². The Labute approximate surface area is 159 Å². The minimum absolute atomic E-state index is 0.0215. The first-order valence-electron chi connectivity index (χ1n) is 9.32. The van der Waals surface area contributed by atoms with Crippen LogP contribution < -0.4 is 4.74 Å². The van der Waals surface area contributed by atoms with E-state index in [0.29, 0.717) is 26.1 Å². The molecule has 5 heteroatoms. The number of fused-ring (bicyclic) bond motifs is 2. The third-order valence-corrected chi connectivity index (χ3v) is 5.55. The van der Waals surface area contributed by atoms with Crippen molar-refractivity contribution in [2.45, 2.75) is 19.4 Å². The maximum Gasteiger partial charge on any atom is 0.234 e. The van der Waals surface area contributed by atoms with Crippen molar-refractivity contribution in [3.8, 4) is 5.75 Å². The Kier molecular flexibility index (Phi) is 4.70. The molecule has 0 spiro atoms. The highest BCUT2D eigenvalue weighted by atomic mass is 16.5. The monoisotopic (exact) mass is 364 g/mol. The molecule has 2 aliphatic rings.